The van der Waals surface area contributed by atoms with E-state index in [1.165, 1.54) is 4.90 Å². The van der Waals surface area contributed by atoms with Gasteiger partial charge in [0.2, 0.25) is 0 Å². The summed E-state index contributed by atoms with van der Waals surface area (Å²) < 4.78 is 5.18. The van der Waals surface area contributed by atoms with Gasteiger partial charge in [0.15, 0.2) is 0 Å². The van der Waals surface area contributed by atoms with Crippen LogP contribution in [0.4, 0.5) is 4.79 Å². The van der Waals surface area contributed by atoms with Crippen molar-refractivity contribution < 1.29 is 19.4 Å². The maximum absolute atomic E-state index is 11.6. The van der Waals surface area contributed by atoms with E-state index >= 15 is 0 Å². The van der Waals surface area contributed by atoms with Crippen LogP contribution < -0.4 is 0 Å². The molecule has 100 valence electrons. The SMILES string of the molecule is CC(CCN(C)C(=O)OC(C)(C)C)CC(=O)O. The maximum atomic E-state index is 11.6. The van der Waals surface area contributed by atoms with Gasteiger partial charge in [-0.25, -0.2) is 4.79 Å². The predicted octanol–water partition coefficient (Wildman–Crippen LogP) is 2.35. The molecule has 0 spiro atoms. The third-order valence-corrected chi connectivity index (χ3v) is 2.19. The van der Waals surface area contributed by atoms with Crippen molar-refractivity contribution in [2.24, 2.45) is 5.92 Å². The molecule has 0 aliphatic carbocycles. The Labute approximate surface area is 103 Å². The Bertz CT molecular complexity index is 270. The van der Waals surface area contributed by atoms with E-state index in [2.05, 4.69) is 0 Å². The zero-order valence-corrected chi connectivity index (χ0v) is 11.3. The highest BCUT2D eigenvalue weighted by molar-refractivity contribution is 5.68. The van der Waals surface area contributed by atoms with E-state index in [0.29, 0.717) is 13.0 Å². The van der Waals surface area contributed by atoms with Gasteiger partial charge < -0.3 is 14.7 Å². The molecule has 1 unspecified atom stereocenters. The maximum Gasteiger partial charge on any atom is 0.410 e. The van der Waals surface area contributed by atoms with E-state index in [-0.39, 0.29) is 18.4 Å². The summed E-state index contributed by atoms with van der Waals surface area (Å²) in [5, 5.41) is 8.61. The van der Waals surface area contributed by atoms with Crippen molar-refractivity contribution >= 4 is 12.1 Å². The van der Waals surface area contributed by atoms with E-state index in [4.69, 9.17) is 9.84 Å². The highest BCUT2D eigenvalue weighted by Gasteiger charge is 2.20. The quantitative estimate of drug-likeness (QED) is 0.807. The molecule has 1 N–H and O–H groups in total. The van der Waals surface area contributed by atoms with E-state index in [0.717, 1.165) is 0 Å². The smallest absolute Gasteiger partial charge is 0.410 e. The zero-order chi connectivity index (χ0) is 13.6. The third kappa shape index (κ3) is 8.54. The second-order valence-corrected chi connectivity index (χ2v) is 5.39. The van der Waals surface area contributed by atoms with Gasteiger partial charge in [-0.15, -0.1) is 0 Å². The fraction of sp³-hybridized carbons (Fsp3) is 0.833. The molecule has 0 aromatic rings. The second-order valence-electron chi connectivity index (χ2n) is 5.39. The molecule has 1 amide bonds. The van der Waals surface area contributed by atoms with Crippen LogP contribution in [0.25, 0.3) is 0 Å². The number of amides is 1. The van der Waals surface area contributed by atoms with Gasteiger partial charge >= 0.3 is 12.1 Å². The summed E-state index contributed by atoms with van der Waals surface area (Å²) in [6.07, 6.45) is 0.407. The van der Waals surface area contributed by atoms with Crippen LogP contribution in [0.3, 0.4) is 0 Å². The van der Waals surface area contributed by atoms with Crippen LogP contribution in [-0.4, -0.2) is 41.3 Å². The van der Waals surface area contributed by atoms with Gasteiger partial charge in [0.05, 0.1) is 0 Å². The van der Waals surface area contributed by atoms with Crippen LogP contribution in [0.2, 0.25) is 0 Å². The second kappa shape index (κ2) is 6.47. The third-order valence-electron chi connectivity index (χ3n) is 2.19. The molecule has 0 saturated carbocycles. The van der Waals surface area contributed by atoms with Crippen molar-refractivity contribution in [2.45, 2.75) is 46.1 Å². The molecule has 0 fully saturated rings. The first-order valence-electron chi connectivity index (χ1n) is 5.77. The number of hydrogen-bond acceptors (Lipinski definition) is 3. The van der Waals surface area contributed by atoms with Crippen LogP contribution >= 0.6 is 0 Å². The van der Waals surface area contributed by atoms with Crippen LogP contribution in [0.5, 0.6) is 0 Å². The van der Waals surface area contributed by atoms with Crippen molar-refractivity contribution in [3.05, 3.63) is 0 Å². The monoisotopic (exact) mass is 245 g/mol. The highest BCUT2D eigenvalue weighted by atomic mass is 16.6. The standard InChI is InChI=1S/C12H23NO4/c1-9(8-10(14)15)6-7-13(5)11(16)17-12(2,3)4/h9H,6-8H2,1-5H3,(H,14,15). The molecule has 17 heavy (non-hydrogen) atoms. The number of carboxylic acids is 1. The molecular formula is C12H23NO4. The molecule has 0 aliphatic rings. The first-order valence-corrected chi connectivity index (χ1v) is 5.77. The lowest BCUT2D eigenvalue weighted by atomic mass is 10.0. The molecule has 0 aromatic heterocycles. The number of carboxylic acid groups (broad SMARTS) is 1. The average molecular weight is 245 g/mol. The van der Waals surface area contributed by atoms with Crippen LogP contribution in [0.1, 0.15) is 40.5 Å². The first kappa shape index (κ1) is 15.7. The minimum atomic E-state index is -0.808. The summed E-state index contributed by atoms with van der Waals surface area (Å²) in [6, 6.07) is 0. The number of ether oxygens (including phenoxy) is 1. The summed E-state index contributed by atoms with van der Waals surface area (Å²) in [7, 11) is 1.65. The topological polar surface area (TPSA) is 66.8 Å². The molecule has 0 aliphatic heterocycles. The average Bonchev–Trinajstić information content (AvgIpc) is 2.10. The molecule has 5 heteroatoms. The van der Waals surface area contributed by atoms with E-state index in [9.17, 15) is 9.59 Å². The number of rotatable bonds is 5. The lowest BCUT2D eigenvalue weighted by Crippen LogP contribution is -2.35. The first-order chi connectivity index (χ1) is 7.61. The molecule has 0 bridgehead atoms. The number of hydrogen-bond donors (Lipinski definition) is 1. The van der Waals surface area contributed by atoms with E-state index < -0.39 is 11.6 Å². The summed E-state index contributed by atoms with van der Waals surface area (Å²) in [5.41, 5.74) is -0.502. The Morgan fingerprint density at radius 3 is 2.29 bits per heavy atom. The Morgan fingerprint density at radius 2 is 1.88 bits per heavy atom. The van der Waals surface area contributed by atoms with Crippen LogP contribution in [0.15, 0.2) is 0 Å². The van der Waals surface area contributed by atoms with Crippen molar-refractivity contribution in [1.82, 2.24) is 4.90 Å². The van der Waals surface area contributed by atoms with Crippen molar-refractivity contribution in [3.63, 3.8) is 0 Å². The summed E-state index contributed by atoms with van der Waals surface area (Å²) >= 11 is 0. The summed E-state index contributed by atoms with van der Waals surface area (Å²) in [4.78, 5) is 23.5. The Kier molecular flexibility index (Phi) is 5.99. The van der Waals surface area contributed by atoms with Gasteiger partial charge in [-0.1, -0.05) is 6.92 Å². The van der Waals surface area contributed by atoms with Gasteiger partial charge in [0.1, 0.15) is 5.60 Å². The molecule has 0 heterocycles. The van der Waals surface area contributed by atoms with Gasteiger partial charge in [0, 0.05) is 20.0 Å². The molecule has 0 aromatic carbocycles. The van der Waals surface area contributed by atoms with Gasteiger partial charge in [0.25, 0.3) is 0 Å². The molecule has 0 saturated heterocycles. The lowest BCUT2D eigenvalue weighted by molar-refractivity contribution is -0.138. The minimum Gasteiger partial charge on any atom is -0.481 e. The Hall–Kier alpha value is -1.26. The molecule has 0 radical (unpaired) electrons. The number of carbonyl (C=O) groups excluding carboxylic acids is 1. The molecule has 1 atom stereocenters. The van der Waals surface area contributed by atoms with Crippen molar-refractivity contribution in [2.75, 3.05) is 13.6 Å². The predicted molar refractivity (Wildman–Crippen MR) is 64.9 cm³/mol. The Balaban J connectivity index is 3.97. The van der Waals surface area contributed by atoms with Crippen molar-refractivity contribution in [1.29, 1.82) is 0 Å². The molecule has 0 rings (SSSR count). The number of carbonyl (C=O) groups is 2. The number of aliphatic carboxylic acids is 1. The fourth-order valence-electron chi connectivity index (χ4n) is 1.25. The number of nitrogens with zero attached hydrogens (tertiary/aromatic N) is 1. The van der Waals surface area contributed by atoms with Gasteiger partial charge in [-0.3, -0.25) is 4.79 Å². The van der Waals surface area contributed by atoms with Crippen LogP contribution in [-0.2, 0) is 9.53 Å². The highest BCUT2D eigenvalue weighted by Crippen LogP contribution is 2.11. The van der Waals surface area contributed by atoms with E-state index in [1.54, 1.807) is 7.05 Å². The zero-order valence-electron chi connectivity index (χ0n) is 11.3. The lowest BCUT2D eigenvalue weighted by Gasteiger charge is -2.25. The summed E-state index contributed by atoms with van der Waals surface area (Å²) in [6.45, 7) is 7.80. The molecular weight excluding hydrogens is 222 g/mol. The van der Waals surface area contributed by atoms with Crippen molar-refractivity contribution in [3.8, 4) is 0 Å². The molecule has 5 nitrogen and oxygen atoms in total. The largest absolute Gasteiger partial charge is 0.481 e. The van der Waals surface area contributed by atoms with Gasteiger partial charge in [-0.2, -0.15) is 0 Å². The van der Waals surface area contributed by atoms with Crippen LogP contribution in [0, 0.1) is 5.92 Å². The summed E-state index contributed by atoms with van der Waals surface area (Å²) in [5.74, 6) is -0.755. The normalized spacial score (nSPS) is 13.0. The van der Waals surface area contributed by atoms with Gasteiger partial charge in [-0.05, 0) is 33.1 Å². The fourth-order valence-corrected chi connectivity index (χ4v) is 1.25. The minimum absolute atomic E-state index is 0.0531. The van der Waals surface area contributed by atoms with E-state index in [1.807, 2.05) is 27.7 Å². The Morgan fingerprint density at radius 1 is 1.35 bits per heavy atom.